The largest absolute Gasteiger partial charge is 0.366 e. The molecule has 0 aliphatic carbocycles. The molecule has 6 heteroatoms. The van der Waals surface area contributed by atoms with Crippen LogP contribution in [-0.4, -0.2) is 20.5 Å². The number of nitrogens with one attached hydrogen (secondary N) is 1. The maximum absolute atomic E-state index is 10.3. The Morgan fingerprint density at radius 1 is 1.35 bits per heavy atom. The van der Waals surface area contributed by atoms with Crippen molar-refractivity contribution >= 4 is 23.3 Å². The molecule has 0 saturated heterocycles. The highest BCUT2D eigenvalue weighted by atomic mass is 35.5. The second kappa shape index (κ2) is 6.72. The number of anilines is 1. The van der Waals surface area contributed by atoms with E-state index in [2.05, 4.69) is 26.8 Å². The first-order valence-corrected chi connectivity index (χ1v) is 8.33. The fraction of sp³-hybridized carbons (Fsp3) is 0.412. The summed E-state index contributed by atoms with van der Waals surface area (Å²) in [4.78, 5) is 8.79. The summed E-state index contributed by atoms with van der Waals surface area (Å²) in [6.07, 6.45) is 2.47. The van der Waals surface area contributed by atoms with Gasteiger partial charge in [0.15, 0.2) is 6.23 Å². The molecular weight excluding hydrogens is 312 g/mol. The van der Waals surface area contributed by atoms with Gasteiger partial charge in [-0.25, -0.2) is 9.98 Å². The number of rotatable bonds is 5. The van der Waals surface area contributed by atoms with E-state index in [0.717, 1.165) is 30.2 Å². The van der Waals surface area contributed by atoms with Gasteiger partial charge in [0.25, 0.3) is 0 Å². The lowest BCUT2D eigenvalue weighted by molar-refractivity contribution is 0.183. The molecule has 1 aromatic carbocycles. The van der Waals surface area contributed by atoms with Crippen LogP contribution >= 0.6 is 11.6 Å². The molecule has 122 valence electrons. The van der Waals surface area contributed by atoms with E-state index in [4.69, 9.17) is 11.6 Å². The van der Waals surface area contributed by atoms with Crippen molar-refractivity contribution < 1.29 is 5.11 Å². The quantitative estimate of drug-likeness (QED) is 0.816. The minimum Gasteiger partial charge on any atom is -0.366 e. The van der Waals surface area contributed by atoms with Crippen LogP contribution in [-0.2, 0) is 6.54 Å². The smallest absolute Gasteiger partial charge is 0.194 e. The number of aliphatic hydroxyl groups is 1. The van der Waals surface area contributed by atoms with E-state index in [-0.39, 0.29) is 0 Å². The minimum atomic E-state index is -0.952. The maximum atomic E-state index is 10.3. The van der Waals surface area contributed by atoms with Crippen molar-refractivity contribution in [3.05, 3.63) is 46.4 Å². The predicted molar refractivity (Wildman–Crippen MR) is 93.1 cm³/mol. The molecule has 1 aromatic heterocycles. The Hall–Kier alpha value is -1.85. The number of aliphatic imine (C=N–C) groups is 1. The number of aryl methyl sites for hydroxylation is 1. The van der Waals surface area contributed by atoms with E-state index < -0.39 is 6.23 Å². The molecule has 2 heterocycles. The first kappa shape index (κ1) is 16.0. The number of hydrogen-bond donors (Lipinski definition) is 2. The lowest BCUT2D eigenvalue weighted by Crippen LogP contribution is -2.23. The SMILES string of the molecule is CCCCCn1c(C)nc2c1NC(c1cccc(Cl)c1)=NC2O. The number of aromatic nitrogens is 2. The highest BCUT2D eigenvalue weighted by Gasteiger charge is 2.26. The van der Waals surface area contributed by atoms with Crippen LogP contribution < -0.4 is 5.32 Å². The molecule has 0 fully saturated rings. The van der Waals surface area contributed by atoms with Gasteiger partial charge in [-0.2, -0.15) is 0 Å². The van der Waals surface area contributed by atoms with Crippen LogP contribution in [0.25, 0.3) is 0 Å². The molecule has 0 bridgehead atoms. The second-order valence-corrected chi connectivity index (χ2v) is 6.17. The first-order chi connectivity index (χ1) is 11.1. The van der Waals surface area contributed by atoms with Crippen LogP contribution in [0.2, 0.25) is 5.02 Å². The zero-order chi connectivity index (χ0) is 16.4. The van der Waals surface area contributed by atoms with Crippen molar-refractivity contribution in [3.8, 4) is 0 Å². The van der Waals surface area contributed by atoms with E-state index >= 15 is 0 Å². The van der Waals surface area contributed by atoms with Gasteiger partial charge < -0.3 is 15.0 Å². The van der Waals surface area contributed by atoms with E-state index in [1.54, 1.807) is 0 Å². The molecule has 23 heavy (non-hydrogen) atoms. The molecular formula is C17H21ClN4O. The Balaban J connectivity index is 1.92. The monoisotopic (exact) mass is 332 g/mol. The number of unbranched alkanes of at least 4 members (excludes halogenated alkanes) is 2. The van der Waals surface area contributed by atoms with Crippen molar-refractivity contribution in [1.82, 2.24) is 9.55 Å². The number of imidazole rings is 1. The summed E-state index contributed by atoms with van der Waals surface area (Å²) in [6, 6.07) is 7.43. The first-order valence-electron chi connectivity index (χ1n) is 7.96. The third-order valence-corrected chi connectivity index (χ3v) is 4.24. The summed E-state index contributed by atoms with van der Waals surface area (Å²) in [5, 5.41) is 14.3. The molecule has 2 N–H and O–H groups in total. The van der Waals surface area contributed by atoms with Gasteiger partial charge in [0.2, 0.25) is 0 Å². The average molecular weight is 333 g/mol. The summed E-state index contributed by atoms with van der Waals surface area (Å²) >= 11 is 6.06. The maximum Gasteiger partial charge on any atom is 0.194 e. The Bertz CT molecular complexity index is 738. The topological polar surface area (TPSA) is 62.4 Å². The minimum absolute atomic E-state index is 0.588. The average Bonchev–Trinajstić information content (AvgIpc) is 2.84. The number of amidine groups is 1. The molecule has 0 amide bonds. The van der Waals surface area contributed by atoms with Gasteiger partial charge in [-0.05, 0) is 25.5 Å². The fourth-order valence-corrected chi connectivity index (χ4v) is 2.99. The van der Waals surface area contributed by atoms with Gasteiger partial charge in [0, 0.05) is 17.1 Å². The lowest BCUT2D eigenvalue weighted by atomic mass is 10.2. The van der Waals surface area contributed by atoms with Crippen molar-refractivity contribution in [2.24, 2.45) is 4.99 Å². The third kappa shape index (κ3) is 3.26. The molecule has 1 unspecified atom stereocenters. The summed E-state index contributed by atoms with van der Waals surface area (Å²) < 4.78 is 2.12. The number of aliphatic hydroxyl groups excluding tert-OH is 1. The zero-order valence-corrected chi connectivity index (χ0v) is 14.1. The zero-order valence-electron chi connectivity index (χ0n) is 13.4. The molecule has 1 aliphatic rings. The molecule has 3 rings (SSSR count). The number of nitrogens with zero attached hydrogens (tertiary/aromatic N) is 3. The summed E-state index contributed by atoms with van der Waals surface area (Å²) in [5.74, 6) is 2.33. The number of benzene rings is 1. The van der Waals surface area contributed by atoms with Gasteiger partial charge in [-0.1, -0.05) is 43.5 Å². The van der Waals surface area contributed by atoms with Gasteiger partial charge in [0.1, 0.15) is 23.2 Å². The Morgan fingerprint density at radius 2 is 2.17 bits per heavy atom. The predicted octanol–water partition coefficient (Wildman–Crippen LogP) is 3.90. The fourth-order valence-electron chi connectivity index (χ4n) is 2.80. The molecule has 0 saturated carbocycles. The third-order valence-electron chi connectivity index (χ3n) is 4.00. The standard InChI is InChI=1S/C17H21ClN4O/c1-3-4-5-9-22-11(2)19-14-16(22)20-15(21-17(14)23)12-7-6-8-13(18)10-12/h6-8,10,17,23H,3-5,9H2,1-2H3,(H,20,21). The van der Waals surface area contributed by atoms with Crippen molar-refractivity contribution in [2.75, 3.05) is 5.32 Å². The van der Waals surface area contributed by atoms with E-state index in [9.17, 15) is 5.11 Å². The van der Waals surface area contributed by atoms with E-state index in [0.29, 0.717) is 16.6 Å². The van der Waals surface area contributed by atoms with Crippen LogP contribution in [0.3, 0.4) is 0 Å². The molecule has 2 aromatic rings. The molecule has 1 aliphatic heterocycles. The number of hydrogen-bond acceptors (Lipinski definition) is 4. The Labute approximate surface area is 141 Å². The van der Waals surface area contributed by atoms with E-state index in [1.165, 1.54) is 12.8 Å². The Kier molecular flexibility index (Phi) is 4.68. The summed E-state index contributed by atoms with van der Waals surface area (Å²) in [6.45, 7) is 5.02. The van der Waals surface area contributed by atoms with Crippen molar-refractivity contribution in [2.45, 2.75) is 45.9 Å². The summed E-state index contributed by atoms with van der Waals surface area (Å²) in [5.41, 5.74) is 1.44. The van der Waals surface area contributed by atoms with Crippen LogP contribution in [0.4, 0.5) is 5.82 Å². The second-order valence-electron chi connectivity index (χ2n) is 5.74. The van der Waals surface area contributed by atoms with Gasteiger partial charge in [-0.15, -0.1) is 0 Å². The number of halogens is 1. The molecule has 5 nitrogen and oxygen atoms in total. The van der Waals surface area contributed by atoms with Crippen LogP contribution in [0, 0.1) is 6.92 Å². The van der Waals surface area contributed by atoms with Crippen LogP contribution in [0.1, 0.15) is 49.5 Å². The highest BCUT2D eigenvalue weighted by molar-refractivity contribution is 6.31. The van der Waals surface area contributed by atoms with Gasteiger partial charge >= 0.3 is 0 Å². The molecule has 0 spiro atoms. The van der Waals surface area contributed by atoms with Gasteiger partial charge in [-0.3, -0.25) is 0 Å². The highest BCUT2D eigenvalue weighted by Crippen LogP contribution is 2.30. The molecule has 1 atom stereocenters. The van der Waals surface area contributed by atoms with Crippen LogP contribution in [0.15, 0.2) is 29.3 Å². The van der Waals surface area contributed by atoms with Crippen LogP contribution in [0.5, 0.6) is 0 Å². The van der Waals surface area contributed by atoms with Crippen molar-refractivity contribution in [1.29, 1.82) is 0 Å². The van der Waals surface area contributed by atoms with Crippen molar-refractivity contribution in [3.63, 3.8) is 0 Å². The normalized spacial score (nSPS) is 16.7. The number of fused-ring (bicyclic) bond motifs is 1. The summed E-state index contributed by atoms with van der Waals surface area (Å²) in [7, 11) is 0. The van der Waals surface area contributed by atoms with E-state index in [1.807, 2.05) is 31.2 Å². The van der Waals surface area contributed by atoms with Gasteiger partial charge in [0.05, 0.1) is 0 Å². The lowest BCUT2D eigenvalue weighted by Gasteiger charge is -2.21. The molecule has 0 radical (unpaired) electrons. The Morgan fingerprint density at radius 3 is 2.91 bits per heavy atom.